The number of rotatable bonds is 5. The number of nitrogens with zero attached hydrogens (tertiary/aromatic N) is 2. The fourth-order valence-electron chi connectivity index (χ4n) is 3.28. The van der Waals surface area contributed by atoms with Crippen molar-refractivity contribution in [2.45, 2.75) is 6.54 Å². The van der Waals surface area contributed by atoms with Crippen LogP contribution in [0.15, 0.2) is 42.2 Å². The minimum atomic E-state index is -1.06. The first kappa shape index (κ1) is 20.4. The Morgan fingerprint density at radius 3 is 2.77 bits per heavy atom. The molecule has 2 aromatic carbocycles. The molecule has 0 saturated carbocycles. The lowest BCUT2D eigenvalue weighted by atomic mass is 10.1. The molecule has 2 heterocycles. The summed E-state index contributed by atoms with van der Waals surface area (Å²) in [6, 6.07) is 8.12. The van der Waals surface area contributed by atoms with E-state index in [9.17, 15) is 18.4 Å². The summed E-state index contributed by atoms with van der Waals surface area (Å²) < 4.78 is 31.4. The van der Waals surface area contributed by atoms with E-state index < -0.39 is 24.6 Å². The number of carbonyl (C=O) groups excluding carboxylic acids is 2. The molecule has 1 fully saturated rings. The molecule has 0 radical (unpaired) electrons. The summed E-state index contributed by atoms with van der Waals surface area (Å²) in [6.45, 7) is -1.23. The number of halogens is 3. The lowest BCUT2D eigenvalue weighted by molar-refractivity contribution is -0.123. The first-order valence-electron chi connectivity index (χ1n) is 8.94. The number of H-pyrrole nitrogens is 1. The van der Waals surface area contributed by atoms with Gasteiger partial charge >= 0.3 is 6.03 Å². The van der Waals surface area contributed by atoms with Crippen LogP contribution in [0.1, 0.15) is 16.7 Å². The predicted octanol–water partition coefficient (Wildman–Crippen LogP) is 4.23. The standard InChI is InChI=1S/C21H13ClF2N4O3/c22-15-4-3-14-13(8-26-18(14)19(15)31-10-23)6-17-20(29)28(21(30)27-17)9-11-1-2-12(7-25)16(24)5-11/h1-6,8,26H,9-10H2,(H,27,30)/b17-6-. The highest BCUT2D eigenvalue weighted by molar-refractivity contribution is 6.33. The van der Waals surface area contributed by atoms with E-state index in [-0.39, 0.29) is 28.6 Å². The van der Waals surface area contributed by atoms with Gasteiger partial charge in [0.1, 0.15) is 17.6 Å². The number of hydrogen-bond acceptors (Lipinski definition) is 4. The van der Waals surface area contributed by atoms with Gasteiger partial charge < -0.3 is 15.0 Å². The molecule has 10 heteroatoms. The van der Waals surface area contributed by atoms with Crippen LogP contribution >= 0.6 is 11.6 Å². The molecule has 0 unspecified atom stereocenters. The number of urea groups is 1. The van der Waals surface area contributed by atoms with Crippen molar-refractivity contribution in [1.82, 2.24) is 15.2 Å². The number of aromatic amines is 1. The summed E-state index contributed by atoms with van der Waals surface area (Å²) in [5, 5.41) is 12.1. The second kappa shape index (κ2) is 8.08. The van der Waals surface area contributed by atoms with Crippen molar-refractivity contribution in [3.05, 3.63) is 69.8 Å². The maximum atomic E-state index is 13.8. The van der Waals surface area contributed by atoms with Crippen LogP contribution in [0.2, 0.25) is 5.02 Å². The minimum Gasteiger partial charge on any atom is -0.459 e. The summed E-state index contributed by atoms with van der Waals surface area (Å²) in [5.41, 5.74) is 1.24. The van der Waals surface area contributed by atoms with E-state index in [0.29, 0.717) is 22.0 Å². The van der Waals surface area contributed by atoms with Crippen LogP contribution in [0.5, 0.6) is 5.75 Å². The van der Waals surface area contributed by atoms with Crippen LogP contribution < -0.4 is 10.1 Å². The first-order chi connectivity index (χ1) is 14.9. The summed E-state index contributed by atoms with van der Waals surface area (Å²) in [7, 11) is 0. The predicted molar refractivity (Wildman–Crippen MR) is 108 cm³/mol. The molecule has 0 aliphatic carbocycles. The number of hydrogen-bond donors (Lipinski definition) is 2. The molecule has 1 aliphatic heterocycles. The van der Waals surface area contributed by atoms with Gasteiger partial charge in [-0.2, -0.15) is 5.26 Å². The molecule has 7 nitrogen and oxygen atoms in total. The van der Waals surface area contributed by atoms with Gasteiger partial charge in [0.25, 0.3) is 5.91 Å². The third-order valence-electron chi connectivity index (χ3n) is 4.75. The zero-order valence-corrected chi connectivity index (χ0v) is 16.5. The Bertz CT molecular complexity index is 1300. The van der Waals surface area contributed by atoms with E-state index in [0.717, 1.165) is 11.0 Å². The fourth-order valence-corrected chi connectivity index (χ4v) is 3.50. The molecule has 4 rings (SSSR count). The van der Waals surface area contributed by atoms with Crippen molar-refractivity contribution in [3.63, 3.8) is 0 Å². The van der Waals surface area contributed by atoms with Crippen LogP contribution in [-0.2, 0) is 11.3 Å². The number of amides is 3. The van der Waals surface area contributed by atoms with E-state index in [4.69, 9.17) is 21.6 Å². The Kier molecular flexibility index (Phi) is 5.31. The second-order valence-electron chi connectivity index (χ2n) is 6.60. The molecule has 0 bridgehead atoms. The van der Waals surface area contributed by atoms with Crippen LogP contribution in [-0.4, -0.2) is 28.7 Å². The smallest absolute Gasteiger partial charge is 0.329 e. The third kappa shape index (κ3) is 3.69. The maximum Gasteiger partial charge on any atom is 0.329 e. The molecule has 1 aromatic heterocycles. The van der Waals surface area contributed by atoms with Gasteiger partial charge in [0.05, 0.1) is 22.6 Å². The second-order valence-corrected chi connectivity index (χ2v) is 7.01. The van der Waals surface area contributed by atoms with Crippen molar-refractivity contribution >= 4 is 40.5 Å². The molecule has 2 N–H and O–H groups in total. The van der Waals surface area contributed by atoms with E-state index in [2.05, 4.69) is 10.3 Å². The summed E-state index contributed by atoms with van der Waals surface area (Å²) in [5.74, 6) is -1.19. The number of alkyl halides is 1. The quantitative estimate of drug-likeness (QED) is 0.456. The first-order valence-corrected chi connectivity index (χ1v) is 9.32. The van der Waals surface area contributed by atoms with E-state index in [1.807, 2.05) is 0 Å². The fraction of sp³-hybridized carbons (Fsp3) is 0.0952. The van der Waals surface area contributed by atoms with Gasteiger partial charge in [-0.1, -0.05) is 23.7 Å². The Hall–Kier alpha value is -3.90. The van der Waals surface area contributed by atoms with Gasteiger partial charge in [-0.25, -0.2) is 13.6 Å². The number of nitrogens with one attached hydrogen (secondary N) is 2. The van der Waals surface area contributed by atoms with E-state index in [1.54, 1.807) is 18.3 Å². The minimum absolute atomic E-state index is 0.0166. The molecular formula is C21H13ClF2N4O3. The highest BCUT2D eigenvalue weighted by atomic mass is 35.5. The Morgan fingerprint density at radius 1 is 1.26 bits per heavy atom. The normalized spacial score (nSPS) is 14.9. The molecule has 0 atom stereocenters. The SMILES string of the molecule is N#Cc1ccc(CN2C(=O)N/C(=C\c3c[nH]c4c(OCF)c(Cl)ccc34)C2=O)cc1F. The lowest BCUT2D eigenvalue weighted by Gasteiger charge is -2.12. The van der Waals surface area contributed by atoms with Gasteiger partial charge in [0, 0.05) is 17.1 Å². The Morgan fingerprint density at radius 2 is 2.06 bits per heavy atom. The van der Waals surface area contributed by atoms with Crippen LogP contribution in [0.4, 0.5) is 13.6 Å². The summed E-state index contributed by atoms with van der Waals surface area (Å²) in [6.07, 6.45) is 3.03. The number of aromatic nitrogens is 1. The summed E-state index contributed by atoms with van der Waals surface area (Å²) in [4.78, 5) is 28.9. The number of ether oxygens (including phenoxy) is 1. The van der Waals surface area contributed by atoms with Crippen LogP contribution in [0, 0.1) is 17.1 Å². The number of carbonyl (C=O) groups is 2. The van der Waals surface area contributed by atoms with Gasteiger partial charge in [-0.05, 0) is 29.8 Å². The molecule has 3 amide bonds. The summed E-state index contributed by atoms with van der Waals surface area (Å²) >= 11 is 6.04. The topological polar surface area (TPSA) is 98.2 Å². The number of benzene rings is 2. The molecule has 0 spiro atoms. The van der Waals surface area contributed by atoms with Crippen molar-refractivity contribution in [1.29, 1.82) is 5.26 Å². The monoisotopic (exact) mass is 442 g/mol. The molecule has 31 heavy (non-hydrogen) atoms. The lowest BCUT2D eigenvalue weighted by Crippen LogP contribution is -2.30. The Labute approximate surface area is 179 Å². The van der Waals surface area contributed by atoms with E-state index in [1.165, 1.54) is 24.3 Å². The van der Waals surface area contributed by atoms with Crippen LogP contribution in [0.3, 0.4) is 0 Å². The molecule has 1 saturated heterocycles. The zero-order chi connectivity index (χ0) is 22.1. The largest absolute Gasteiger partial charge is 0.459 e. The maximum absolute atomic E-state index is 13.8. The highest BCUT2D eigenvalue weighted by Crippen LogP contribution is 2.35. The van der Waals surface area contributed by atoms with E-state index >= 15 is 0 Å². The van der Waals surface area contributed by atoms with Crippen molar-refractivity contribution in [3.8, 4) is 11.8 Å². The molecule has 156 valence electrons. The van der Waals surface area contributed by atoms with Gasteiger partial charge in [0.2, 0.25) is 6.86 Å². The number of nitriles is 1. The van der Waals surface area contributed by atoms with Gasteiger partial charge in [-0.3, -0.25) is 9.69 Å². The molecular weight excluding hydrogens is 430 g/mol. The number of imide groups is 1. The Balaban J connectivity index is 1.62. The van der Waals surface area contributed by atoms with Gasteiger partial charge in [0.15, 0.2) is 5.75 Å². The number of fused-ring (bicyclic) bond motifs is 1. The molecule has 3 aromatic rings. The average molecular weight is 443 g/mol. The van der Waals surface area contributed by atoms with Crippen molar-refractivity contribution in [2.75, 3.05) is 6.86 Å². The zero-order valence-electron chi connectivity index (χ0n) is 15.7. The highest BCUT2D eigenvalue weighted by Gasteiger charge is 2.33. The van der Waals surface area contributed by atoms with Crippen molar-refractivity contribution in [2.24, 2.45) is 0 Å². The third-order valence-corrected chi connectivity index (χ3v) is 5.05. The molecule has 1 aliphatic rings. The van der Waals surface area contributed by atoms with Crippen molar-refractivity contribution < 1.29 is 23.1 Å². The average Bonchev–Trinajstić information content (AvgIpc) is 3.26. The van der Waals surface area contributed by atoms with Crippen LogP contribution in [0.25, 0.3) is 17.0 Å². The van der Waals surface area contributed by atoms with Gasteiger partial charge in [-0.15, -0.1) is 0 Å².